The lowest BCUT2D eigenvalue weighted by Gasteiger charge is -2.25. The van der Waals surface area contributed by atoms with Crippen molar-refractivity contribution in [1.82, 2.24) is 9.88 Å². The van der Waals surface area contributed by atoms with Crippen LogP contribution < -0.4 is 4.74 Å². The molecule has 1 saturated heterocycles. The molecular weight excluding hydrogens is 450 g/mol. The zero-order chi connectivity index (χ0) is 25.1. The molecule has 2 aromatic carbocycles. The number of carbonyl (C=O) groups is 2. The van der Waals surface area contributed by atoms with Crippen molar-refractivity contribution in [3.63, 3.8) is 0 Å². The molecule has 9 nitrogen and oxygen atoms in total. The van der Waals surface area contributed by atoms with E-state index in [1.54, 1.807) is 54.9 Å². The molecule has 1 aromatic heterocycles. The van der Waals surface area contributed by atoms with E-state index in [0.717, 1.165) is 0 Å². The molecule has 9 heteroatoms. The average Bonchev–Trinajstić information content (AvgIpc) is 3.09. The van der Waals surface area contributed by atoms with Gasteiger partial charge in [0.25, 0.3) is 17.4 Å². The van der Waals surface area contributed by atoms with Gasteiger partial charge in [0.2, 0.25) is 0 Å². The topological polar surface area (TPSA) is 123 Å². The molecule has 35 heavy (non-hydrogen) atoms. The van der Waals surface area contributed by atoms with Crippen LogP contribution in [-0.4, -0.2) is 37.7 Å². The summed E-state index contributed by atoms with van der Waals surface area (Å²) in [7, 11) is 0. The van der Waals surface area contributed by atoms with Crippen LogP contribution in [0, 0.1) is 10.1 Å². The summed E-state index contributed by atoms with van der Waals surface area (Å²) in [5.41, 5.74) is 0.987. The van der Waals surface area contributed by atoms with E-state index in [2.05, 4.69) is 4.98 Å². The maximum atomic E-state index is 13.2. The Bertz CT molecular complexity index is 1300. The zero-order valence-electron chi connectivity index (χ0n) is 19.1. The van der Waals surface area contributed by atoms with Gasteiger partial charge in [-0.1, -0.05) is 18.2 Å². The van der Waals surface area contributed by atoms with Crippen LogP contribution in [0.15, 0.2) is 78.6 Å². The zero-order valence-corrected chi connectivity index (χ0v) is 19.1. The fourth-order valence-electron chi connectivity index (χ4n) is 4.01. The highest BCUT2D eigenvalue weighted by molar-refractivity contribution is 6.46. The van der Waals surface area contributed by atoms with Gasteiger partial charge in [0.1, 0.15) is 11.5 Å². The number of rotatable bonds is 7. The second-order valence-corrected chi connectivity index (χ2v) is 8.33. The third-order valence-electron chi connectivity index (χ3n) is 5.51. The number of non-ortho nitro benzene ring substituents is 1. The molecule has 0 radical (unpaired) electrons. The predicted molar refractivity (Wildman–Crippen MR) is 127 cm³/mol. The fourth-order valence-corrected chi connectivity index (χ4v) is 4.01. The number of Topliss-reactive ketones (excluding diaryl/α,β-unsaturated/α-hetero) is 1. The average molecular weight is 473 g/mol. The minimum atomic E-state index is -1.03. The number of ether oxygens (including phenoxy) is 1. The van der Waals surface area contributed by atoms with Gasteiger partial charge in [-0.2, -0.15) is 0 Å². The van der Waals surface area contributed by atoms with Crippen molar-refractivity contribution < 1.29 is 24.4 Å². The first-order valence-corrected chi connectivity index (χ1v) is 10.9. The number of likely N-dealkylation sites (tertiary alicyclic amines) is 1. The Morgan fingerprint density at radius 2 is 1.89 bits per heavy atom. The van der Waals surface area contributed by atoms with Crippen molar-refractivity contribution >= 4 is 23.1 Å². The molecule has 1 unspecified atom stereocenters. The van der Waals surface area contributed by atoms with Crippen molar-refractivity contribution in [2.24, 2.45) is 0 Å². The lowest BCUT2D eigenvalue weighted by atomic mass is 9.95. The normalized spacial score (nSPS) is 17.1. The Labute approximate surface area is 201 Å². The molecule has 4 rings (SSSR count). The van der Waals surface area contributed by atoms with Crippen molar-refractivity contribution in [3.8, 4) is 5.75 Å². The molecule has 0 spiro atoms. The Kier molecular flexibility index (Phi) is 6.59. The van der Waals surface area contributed by atoms with E-state index < -0.39 is 22.7 Å². The lowest BCUT2D eigenvalue weighted by Crippen LogP contribution is -2.29. The van der Waals surface area contributed by atoms with Gasteiger partial charge < -0.3 is 14.7 Å². The number of nitro benzene ring substituents is 1. The van der Waals surface area contributed by atoms with E-state index in [9.17, 15) is 24.8 Å². The van der Waals surface area contributed by atoms with E-state index in [-0.39, 0.29) is 29.7 Å². The Morgan fingerprint density at radius 1 is 1.14 bits per heavy atom. The van der Waals surface area contributed by atoms with Crippen molar-refractivity contribution in [3.05, 3.63) is 105 Å². The summed E-state index contributed by atoms with van der Waals surface area (Å²) >= 11 is 0. The van der Waals surface area contributed by atoms with Crippen LogP contribution in [0.25, 0.3) is 5.76 Å². The van der Waals surface area contributed by atoms with Crippen LogP contribution in [0.4, 0.5) is 5.69 Å². The van der Waals surface area contributed by atoms with Gasteiger partial charge in [-0.25, -0.2) is 0 Å². The highest BCUT2D eigenvalue weighted by Gasteiger charge is 2.46. The number of hydrogen-bond acceptors (Lipinski definition) is 7. The molecule has 1 fully saturated rings. The molecule has 1 aliphatic rings. The molecule has 1 aliphatic heterocycles. The highest BCUT2D eigenvalue weighted by Crippen LogP contribution is 2.41. The van der Waals surface area contributed by atoms with Gasteiger partial charge in [-0.05, 0) is 55.3 Å². The quantitative estimate of drug-likeness (QED) is 0.177. The summed E-state index contributed by atoms with van der Waals surface area (Å²) in [6.45, 7) is 3.80. The maximum absolute atomic E-state index is 13.2. The molecule has 1 N–H and O–H groups in total. The number of ketones is 1. The first-order valence-electron chi connectivity index (χ1n) is 10.9. The fraction of sp³-hybridized carbons (Fsp3) is 0.192. The van der Waals surface area contributed by atoms with E-state index in [0.29, 0.717) is 22.4 Å². The number of aromatic nitrogens is 1. The number of amides is 1. The Hall–Kier alpha value is -4.53. The van der Waals surface area contributed by atoms with Crippen molar-refractivity contribution in [1.29, 1.82) is 0 Å². The first kappa shape index (κ1) is 23.6. The number of pyridine rings is 1. The van der Waals surface area contributed by atoms with Crippen LogP contribution in [0.3, 0.4) is 0 Å². The third-order valence-corrected chi connectivity index (χ3v) is 5.51. The largest absolute Gasteiger partial charge is 0.507 e. The number of nitrogens with zero attached hydrogens (tertiary/aromatic N) is 3. The number of carbonyl (C=O) groups excluding carboxylic acids is 2. The number of aliphatic hydroxyl groups excluding tert-OH is 1. The molecule has 178 valence electrons. The van der Waals surface area contributed by atoms with Crippen molar-refractivity contribution in [2.75, 3.05) is 0 Å². The summed E-state index contributed by atoms with van der Waals surface area (Å²) in [6.07, 6.45) is 3.11. The second-order valence-electron chi connectivity index (χ2n) is 8.33. The molecule has 1 atom stereocenters. The van der Waals surface area contributed by atoms with Crippen LogP contribution in [0.1, 0.15) is 36.6 Å². The van der Waals surface area contributed by atoms with Gasteiger partial charge in [0.05, 0.1) is 22.6 Å². The summed E-state index contributed by atoms with van der Waals surface area (Å²) < 4.78 is 5.63. The smallest absolute Gasteiger partial charge is 0.295 e. The SMILES string of the molecule is CC(C)Oc1ccc(C(O)=C2C(=O)C(=O)N(Cc3cccnc3)C2c2cccc([N+](=O)[O-])c2)cc1. The molecule has 1 amide bonds. The molecule has 0 bridgehead atoms. The van der Waals surface area contributed by atoms with Gasteiger partial charge in [-0.15, -0.1) is 0 Å². The van der Waals surface area contributed by atoms with E-state index in [4.69, 9.17) is 4.74 Å². The van der Waals surface area contributed by atoms with Crippen molar-refractivity contribution in [2.45, 2.75) is 32.5 Å². The summed E-state index contributed by atoms with van der Waals surface area (Å²) in [6, 6.07) is 14.6. The first-order chi connectivity index (χ1) is 16.8. The highest BCUT2D eigenvalue weighted by atomic mass is 16.6. The minimum Gasteiger partial charge on any atom is -0.507 e. The van der Waals surface area contributed by atoms with Gasteiger partial charge in [0, 0.05) is 36.6 Å². The standard InChI is InChI=1S/C26H23N3O6/c1-16(2)35-21-10-8-18(9-11-21)24(30)22-23(19-6-3-7-20(13-19)29(33)34)28(26(32)25(22)31)15-17-5-4-12-27-14-17/h3-14,16,23,30H,15H2,1-2H3. The summed E-state index contributed by atoms with van der Waals surface area (Å²) in [5, 5.41) is 22.6. The molecule has 0 saturated carbocycles. The van der Waals surface area contributed by atoms with Gasteiger partial charge in [0.15, 0.2) is 0 Å². The number of benzene rings is 2. The van der Waals surface area contributed by atoms with E-state index >= 15 is 0 Å². The van der Waals surface area contributed by atoms with Crippen LogP contribution in [-0.2, 0) is 16.1 Å². The maximum Gasteiger partial charge on any atom is 0.295 e. The van der Waals surface area contributed by atoms with Crippen LogP contribution in [0.2, 0.25) is 0 Å². The number of hydrogen-bond donors (Lipinski definition) is 1. The molecule has 3 aromatic rings. The second kappa shape index (κ2) is 9.76. The summed E-state index contributed by atoms with van der Waals surface area (Å²) in [4.78, 5) is 42.4. The van der Waals surface area contributed by atoms with Gasteiger partial charge in [-0.3, -0.25) is 24.7 Å². The Balaban J connectivity index is 1.83. The summed E-state index contributed by atoms with van der Waals surface area (Å²) in [5.74, 6) is -1.47. The lowest BCUT2D eigenvalue weighted by molar-refractivity contribution is -0.384. The van der Waals surface area contributed by atoms with E-state index in [1.165, 1.54) is 23.1 Å². The number of nitro groups is 1. The number of aliphatic hydroxyl groups is 1. The molecule has 2 heterocycles. The predicted octanol–water partition coefficient (Wildman–Crippen LogP) is 4.40. The molecular formula is C26H23N3O6. The van der Waals surface area contributed by atoms with Crippen LogP contribution >= 0.6 is 0 Å². The molecule has 0 aliphatic carbocycles. The van der Waals surface area contributed by atoms with Gasteiger partial charge >= 0.3 is 0 Å². The van der Waals surface area contributed by atoms with Crippen LogP contribution in [0.5, 0.6) is 5.75 Å². The minimum absolute atomic E-state index is 0.0315. The Morgan fingerprint density at radius 3 is 2.51 bits per heavy atom. The third kappa shape index (κ3) is 4.89. The monoisotopic (exact) mass is 473 g/mol. The van der Waals surface area contributed by atoms with E-state index in [1.807, 2.05) is 13.8 Å².